The van der Waals surface area contributed by atoms with Crippen LogP contribution in [0.15, 0.2) is 17.5 Å². The van der Waals surface area contributed by atoms with Gasteiger partial charge in [0.2, 0.25) is 5.91 Å². The minimum atomic E-state index is -0.445. The second-order valence-electron chi connectivity index (χ2n) is 4.43. The van der Waals surface area contributed by atoms with Crippen LogP contribution in [0.1, 0.15) is 18.7 Å². The summed E-state index contributed by atoms with van der Waals surface area (Å²) in [5, 5.41) is 6.90. The average Bonchev–Trinajstić information content (AvgIpc) is 2.67. The molecule has 0 aliphatic heterocycles. The molecule has 0 radical (unpaired) electrons. The Morgan fingerprint density at radius 2 is 2.17 bits per heavy atom. The van der Waals surface area contributed by atoms with Gasteiger partial charge in [0.15, 0.2) is 0 Å². The molecule has 3 amide bonds. The number of nitrogens with zero attached hydrogens (tertiary/aromatic N) is 1. The summed E-state index contributed by atoms with van der Waals surface area (Å²) < 4.78 is 0. The molecule has 100 valence electrons. The summed E-state index contributed by atoms with van der Waals surface area (Å²) in [6.07, 6.45) is 0. The molecule has 0 aliphatic rings. The first-order chi connectivity index (χ1) is 8.47. The molecule has 0 saturated carbocycles. The summed E-state index contributed by atoms with van der Waals surface area (Å²) in [5.74, 6) is -0.299. The highest BCUT2D eigenvalue weighted by atomic mass is 32.1. The third-order valence-corrected chi connectivity index (χ3v) is 2.95. The van der Waals surface area contributed by atoms with E-state index in [4.69, 9.17) is 0 Å². The van der Waals surface area contributed by atoms with Crippen molar-refractivity contribution in [3.8, 4) is 0 Å². The number of urea groups is 1. The number of hydrogen-bond acceptors (Lipinski definition) is 4. The lowest BCUT2D eigenvalue weighted by Crippen LogP contribution is -2.45. The number of carbonyl (C=O) groups is 2. The van der Waals surface area contributed by atoms with Gasteiger partial charge in [0.05, 0.1) is 6.54 Å². The molecule has 0 atom stereocenters. The third kappa shape index (κ3) is 5.79. The van der Waals surface area contributed by atoms with E-state index < -0.39 is 6.03 Å². The molecule has 2 N–H and O–H groups in total. The highest BCUT2D eigenvalue weighted by Crippen LogP contribution is 2.10. The van der Waals surface area contributed by atoms with Gasteiger partial charge in [-0.05, 0) is 32.3 Å². The van der Waals surface area contributed by atoms with Crippen molar-refractivity contribution in [1.29, 1.82) is 0 Å². The van der Waals surface area contributed by atoms with Crippen molar-refractivity contribution in [2.45, 2.75) is 26.4 Å². The van der Waals surface area contributed by atoms with Crippen LogP contribution in [0, 0.1) is 0 Å². The van der Waals surface area contributed by atoms with E-state index in [1.54, 1.807) is 11.3 Å². The Morgan fingerprint density at radius 3 is 2.72 bits per heavy atom. The lowest BCUT2D eigenvalue weighted by Gasteiger charge is -2.15. The zero-order valence-electron chi connectivity index (χ0n) is 10.9. The van der Waals surface area contributed by atoms with Gasteiger partial charge >= 0.3 is 6.03 Å². The highest BCUT2D eigenvalue weighted by molar-refractivity contribution is 7.09. The van der Waals surface area contributed by atoms with Gasteiger partial charge in [-0.15, -0.1) is 11.3 Å². The van der Waals surface area contributed by atoms with Gasteiger partial charge in [-0.3, -0.25) is 15.0 Å². The van der Waals surface area contributed by atoms with Crippen LogP contribution >= 0.6 is 11.3 Å². The first-order valence-corrected chi connectivity index (χ1v) is 6.66. The Balaban J connectivity index is 2.29. The van der Waals surface area contributed by atoms with Crippen LogP contribution < -0.4 is 10.6 Å². The number of rotatable bonds is 5. The predicted octanol–water partition coefficient (Wildman–Crippen LogP) is 1.41. The summed E-state index contributed by atoms with van der Waals surface area (Å²) in [6, 6.07) is 3.57. The molecule has 6 heteroatoms. The monoisotopic (exact) mass is 269 g/mol. The summed E-state index contributed by atoms with van der Waals surface area (Å²) in [4.78, 5) is 25.9. The molecule has 0 bridgehead atoms. The quantitative estimate of drug-likeness (QED) is 0.849. The molecular weight excluding hydrogens is 250 g/mol. The molecule has 5 nitrogen and oxygen atoms in total. The summed E-state index contributed by atoms with van der Waals surface area (Å²) in [6.45, 7) is 4.58. The molecule has 0 fully saturated rings. The van der Waals surface area contributed by atoms with Gasteiger partial charge in [-0.25, -0.2) is 4.79 Å². The number of likely N-dealkylation sites (N-methyl/N-ethyl adjacent to an activating group) is 1. The van der Waals surface area contributed by atoms with Gasteiger partial charge in [0.1, 0.15) is 0 Å². The second kappa shape index (κ2) is 7.13. The number of hydrogen-bond donors (Lipinski definition) is 2. The maximum atomic E-state index is 11.6. The molecule has 18 heavy (non-hydrogen) atoms. The molecule has 0 aromatic carbocycles. The van der Waals surface area contributed by atoms with Crippen molar-refractivity contribution in [2.24, 2.45) is 0 Å². The lowest BCUT2D eigenvalue weighted by molar-refractivity contribution is -0.120. The summed E-state index contributed by atoms with van der Waals surface area (Å²) >= 11 is 1.65. The lowest BCUT2D eigenvalue weighted by atomic mass is 10.4. The smallest absolute Gasteiger partial charge is 0.321 e. The molecule has 0 unspecified atom stereocenters. The van der Waals surface area contributed by atoms with E-state index in [-0.39, 0.29) is 18.5 Å². The van der Waals surface area contributed by atoms with E-state index in [1.807, 2.05) is 43.3 Å². The number of thiophene rings is 1. The van der Waals surface area contributed by atoms with Crippen LogP contribution in [-0.2, 0) is 11.3 Å². The van der Waals surface area contributed by atoms with Crippen LogP contribution in [0.2, 0.25) is 0 Å². The molecule has 0 saturated heterocycles. The Bertz CT molecular complexity index is 390. The van der Waals surface area contributed by atoms with E-state index in [9.17, 15) is 9.59 Å². The van der Waals surface area contributed by atoms with Crippen molar-refractivity contribution in [3.05, 3.63) is 22.4 Å². The SMILES string of the molecule is CC(C)NC(=O)NC(=O)CN(C)Cc1cccs1. The highest BCUT2D eigenvalue weighted by Gasteiger charge is 2.11. The zero-order valence-corrected chi connectivity index (χ0v) is 11.7. The van der Waals surface area contributed by atoms with Gasteiger partial charge in [-0.1, -0.05) is 6.07 Å². The van der Waals surface area contributed by atoms with Gasteiger partial charge in [0.25, 0.3) is 0 Å². The Morgan fingerprint density at radius 1 is 1.44 bits per heavy atom. The van der Waals surface area contributed by atoms with Crippen molar-refractivity contribution < 1.29 is 9.59 Å². The van der Waals surface area contributed by atoms with Crippen molar-refractivity contribution in [3.63, 3.8) is 0 Å². The van der Waals surface area contributed by atoms with Crippen molar-refractivity contribution >= 4 is 23.3 Å². The summed E-state index contributed by atoms with van der Waals surface area (Å²) in [7, 11) is 1.85. The van der Waals surface area contributed by atoms with Crippen molar-refractivity contribution in [2.75, 3.05) is 13.6 Å². The largest absolute Gasteiger partial charge is 0.336 e. The molecule has 0 spiro atoms. The number of nitrogens with one attached hydrogen (secondary N) is 2. The first kappa shape index (κ1) is 14.7. The second-order valence-corrected chi connectivity index (χ2v) is 5.46. The Hall–Kier alpha value is -1.40. The van der Waals surface area contributed by atoms with Crippen LogP contribution in [0.25, 0.3) is 0 Å². The maximum absolute atomic E-state index is 11.6. The van der Waals surface area contributed by atoms with Crippen molar-refractivity contribution in [1.82, 2.24) is 15.5 Å². The van der Waals surface area contributed by atoms with Crippen LogP contribution in [0.4, 0.5) is 4.79 Å². The standard InChI is InChI=1S/C12H19N3O2S/c1-9(2)13-12(17)14-11(16)8-15(3)7-10-5-4-6-18-10/h4-6,9H,7-8H2,1-3H3,(H2,13,14,16,17). The molecule has 1 heterocycles. The van der Waals surface area contributed by atoms with E-state index in [1.165, 1.54) is 4.88 Å². The normalized spacial score (nSPS) is 10.7. The van der Waals surface area contributed by atoms with Crippen LogP contribution in [0.5, 0.6) is 0 Å². The van der Waals surface area contributed by atoms with Gasteiger partial charge < -0.3 is 5.32 Å². The zero-order chi connectivity index (χ0) is 13.5. The fraction of sp³-hybridized carbons (Fsp3) is 0.500. The Kier molecular flexibility index (Phi) is 5.80. The number of amides is 3. The molecule has 1 aromatic heterocycles. The van der Waals surface area contributed by atoms with E-state index >= 15 is 0 Å². The summed E-state index contributed by atoms with van der Waals surface area (Å²) in [5.41, 5.74) is 0. The van der Waals surface area contributed by atoms with E-state index in [2.05, 4.69) is 10.6 Å². The number of carbonyl (C=O) groups excluding carboxylic acids is 2. The van der Waals surface area contributed by atoms with E-state index in [0.29, 0.717) is 6.54 Å². The number of imide groups is 1. The molecule has 1 rings (SSSR count). The van der Waals surface area contributed by atoms with Gasteiger partial charge in [-0.2, -0.15) is 0 Å². The van der Waals surface area contributed by atoms with Crippen LogP contribution in [0.3, 0.4) is 0 Å². The average molecular weight is 269 g/mol. The molecule has 1 aromatic rings. The fourth-order valence-electron chi connectivity index (χ4n) is 1.43. The minimum absolute atomic E-state index is 0.0154. The Labute approximate surface area is 111 Å². The van der Waals surface area contributed by atoms with Crippen LogP contribution in [-0.4, -0.2) is 36.5 Å². The fourth-order valence-corrected chi connectivity index (χ4v) is 2.22. The molecule has 0 aliphatic carbocycles. The van der Waals surface area contributed by atoms with E-state index in [0.717, 1.165) is 0 Å². The molecular formula is C12H19N3O2S. The maximum Gasteiger partial charge on any atom is 0.321 e. The third-order valence-electron chi connectivity index (χ3n) is 2.09. The van der Waals surface area contributed by atoms with Gasteiger partial charge in [0, 0.05) is 17.5 Å². The minimum Gasteiger partial charge on any atom is -0.336 e. The topological polar surface area (TPSA) is 61.4 Å². The first-order valence-electron chi connectivity index (χ1n) is 5.78. The predicted molar refractivity (Wildman–Crippen MR) is 72.5 cm³/mol.